The van der Waals surface area contributed by atoms with Gasteiger partial charge in [0.25, 0.3) is 0 Å². The van der Waals surface area contributed by atoms with E-state index < -0.39 is 5.97 Å². The Bertz CT molecular complexity index is 549. The molecule has 5 heteroatoms. The third kappa shape index (κ3) is 2.54. The molecule has 0 spiro atoms. The van der Waals surface area contributed by atoms with Crippen LogP contribution in [0.15, 0.2) is 18.2 Å². The number of carboxylic acids is 1. The molecule has 1 unspecified atom stereocenters. The summed E-state index contributed by atoms with van der Waals surface area (Å²) < 4.78 is 5.49. The van der Waals surface area contributed by atoms with Gasteiger partial charge >= 0.3 is 5.97 Å². The van der Waals surface area contributed by atoms with Crippen LogP contribution in [0.1, 0.15) is 40.7 Å². The SMILES string of the molecule is O=C(O)c1ccc2c(c1)CN(C(=O)CC1CCCO1)C2. The van der Waals surface area contributed by atoms with Gasteiger partial charge < -0.3 is 14.7 Å². The van der Waals surface area contributed by atoms with E-state index in [0.29, 0.717) is 19.5 Å². The molecule has 0 aliphatic carbocycles. The Labute approximate surface area is 117 Å². The van der Waals surface area contributed by atoms with Gasteiger partial charge in [-0.1, -0.05) is 6.07 Å². The highest BCUT2D eigenvalue weighted by Gasteiger charge is 2.27. The average Bonchev–Trinajstić information content (AvgIpc) is 3.05. The van der Waals surface area contributed by atoms with Crippen LogP contribution < -0.4 is 0 Å². The molecule has 106 valence electrons. The molecule has 20 heavy (non-hydrogen) atoms. The summed E-state index contributed by atoms with van der Waals surface area (Å²) in [5, 5.41) is 8.98. The highest BCUT2D eigenvalue weighted by atomic mass is 16.5. The first-order valence-corrected chi connectivity index (χ1v) is 6.88. The second kappa shape index (κ2) is 5.25. The van der Waals surface area contributed by atoms with Crippen molar-refractivity contribution in [3.05, 3.63) is 34.9 Å². The number of ether oxygens (including phenoxy) is 1. The van der Waals surface area contributed by atoms with Gasteiger partial charge in [-0.3, -0.25) is 4.79 Å². The van der Waals surface area contributed by atoms with E-state index in [1.807, 2.05) is 0 Å². The molecule has 0 radical (unpaired) electrons. The molecule has 1 amide bonds. The molecule has 2 aliphatic heterocycles. The quantitative estimate of drug-likeness (QED) is 0.913. The third-order valence-electron chi connectivity index (χ3n) is 3.95. The molecule has 0 saturated carbocycles. The number of carbonyl (C=O) groups excluding carboxylic acids is 1. The Morgan fingerprint density at radius 2 is 2.10 bits per heavy atom. The summed E-state index contributed by atoms with van der Waals surface area (Å²) in [7, 11) is 0. The lowest BCUT2D eigenvalue weighted by atomic mass is 10.1. The average molecular weight is 275 g/mol. The zero-order valence-corrected chi connectivity index (χ0v) is 11.2. The summed E-state index contributed by atoms with van der Waals surface area (Å²) in [4.78, 5) is 24.9. The predicted octanol–water partition coefficient (Wildman–Crippen LogP) is 1.80. The number of nitrogens with zero attached hydrogens (tertiary/aromatic N) is 1. The zero-order chi connectivity index (χ0) is 14.1. The van der Waals surface area contributed by atoms with E-state index in [1.54, 1.807) is 23.1 Å². The molecule has 0 bridgehead atoms. The summed E-state index contributed by atoms with van der Waals surface area (Å²) in [5.41, 5.74) is 2.25. The fourth-order valence-electron chi connectivity index (χ4n) is 2.83. The van der Waals surface area contributed by atoms with Gasteiger partial charge in [-0.05, 0) is 36.1 Å². The summed E-state index contributed by atoms with van der Waals surface area (Å²) in [6.07, 6.45) is 2.47. The van der Waals surface area contributed by atoms with E-state index >= 15 is 0 Å². The van der Waals surface area contributed by atoms with Crippen molar-refractivity contribution < 1.29 is 19.4 Å². The molecule has 0 aromatic heterocycles. The lowest BCUT2D eigenvalue weighted by Gasteiger charge is -2.17. The van der Waals surface area contributed by atoms with Crippen LogP contribution in [0.25, 0.3) is 0 Å². The topological polar surface area (TPSA) is 66.8 Å². The van der Waals surface area contributed by atoms with E-state index in [9.17, 15) is 9.59 Å². The van der Waals surface area contributed by atoms with E-state index in [2.05, 4.69) is 0 Å². The molecule has 1 aromatic carbocycles. The largest absolute Gasteiger partial charge is 0.478 e. The molecular weight excluding hydrogens is 258 g/mol. The fourth-order valence-corrected chi connectivity index (χ4v) is 2.83. The number of carbonyl (C=O) groups is 2. The minimum absolute atomic E-state index is 0.0563. The summed E-state index contributed by atoms with van der Waals surface area (Å²) in [6, 6.07) is 5.06. The second-order valence-electron chi connectivity index (χ2n) is 5.38. The maximum atomic E-state index is 12.2. The number of hydrogen-bond donors (Lipinski definition) is 1. The first-order valence-electron chi connectivity index (χ1n) is 6.88. The maximum Gasteiger partial charge on any atom is 0.335 e. The molecule has 1 saturated heterocycles. The Balaban J connectivity index is 1.66. The van der Waals surface area contributed by atoms with Gasteiger partial charge in [0.2, 0.25) is 5.91 Å². The number of fused-ring (bicyclic) bond motifs is 1. The fraction of sp³-hybridized carbons (Fsp3) is 0.467. The summed E-state index contributed by atoms with van der Waals surface area (Å²) >= 11 is 0. The van der Waals surface area contributed by atoms with Crippen LogP contribution in [0, 0.1) is 0 Å². The van der Waals surface area contributed by atoms with E-state index in [4.69, 9.17) is 9.84 Å². The van der Waals surface area contributed by atoms with Crippen LogP contribution in [0.5, 0.6) is 0 Å². The molecule has 1 aromatic rings. The monoisotopic (exact) mass is 275 g/mol. The smallest absolute Gasteiger partial charge is 0.335 e. The van der Waals surface area contributed by atoms with Crippen molar-refractivity contribution in [1.82, 2.24) is 4.90 Å². The summed E-state index contributed by atoms with van der Waals surface area (Å²) in [5.74, 6) is -0.845. The van der Waals surface area contributed by atoms with Crippen molar-refractivity contribution >= 4 is 11.9 Å². The van der Waals surface area contributed by atoms with Crippen LogP contribution in [-0.2, 0) is 22.6 Å². The number of rotatable bonds is 3. The first kappa shape index (κ1) is 13.1. The molecule has 1 atom stereocenters. The predicted molar refractivity (Wildman–Crippen MR) is 71.2 cm³/mol. The van der Waals surface area contributed by atoms with E-state index in [-0.39, 0.29) is 17.6 Å². The number of amides is 1. The van der Waals surface area contributed by atoms with Crippen LogP contribution in [-0.4, -0.2) is 34.6 Å². The highest BCUT2D eigenvalue weighted by molar-refractivity contribution is 5.88. The number of carboxylic acid groups (broad SMARTS) is 1. The lowest BCUT2D eigenvalue weighted by molar-refractivity contribution is -0.134. The molecule has 2 heterocycles. The standard InChI is InChI=1S/C15H17NO4/c17-14(7-13-2-1-5-20-13)16-8-11-4-3-10(15(18)19)6-12(11)9-16/h3-4,6,13H,1-2,5,7-9H2,(H,18,19). The van der Waals surface area contributed by atoms with Crippen molar-refractivity contribution in [3.8, 4) is 0 Å². The van der Waals surface area contributed by atoms with E-state index in [1.165, 1.54) is 0 Å². The first-order chi connectivity index (χ1) is 9.63. The van der Waals surface area contributed by atoms with Crippen LogP contribution in [0.2, 0.25) is 0 Å². The van der Waals surface area contributed by atoms with Crippen LogP contribution >= 0.6 is 0 Å². The number of aromatic carboxylic acids is 1. The van der Waals surface area contributed by atoms with Crippen LogP contribution in [0.4, 0.5) is 0 Å². The van der Waals surface area contributed by atoms with Crippen molar-refractivity contribution in [2.75, 3.05) is 6.61 Å². The lowest BCUT2D eigenvalue weighted by Crippen LogP contribution is -2.28. The minimum Gasteiger partial charge on any atom is -0.478 e. The van der Waals surface area contributed by atoms with Gasteiger partial charge in [-0.2, -0.15) is 0 Å². The Morgan fingerprint density at radius 1 is 1.30 bits per heavy atom. The third-order valence-corrected chi connectivity index (χ3v) is 3.95. The van der Waals surface area contributed by atoms with Crippen molar-refractivity contribution in [1.29, 1.82) is 0 Å². The van der Waals surface area contributed by atoms with Gasteiger partial charge in [0.15, 0.2) is 0 Å². The maximum absolute atomic E-state index is 12.2. The van der Waals surface area contributed by atoms with Gasteiger partial charge in [0, 0.05) is 19.7 Å². The highest BCUT2D eigenvalue weighted by Crippen LogP contribution is 2.26. The van der Waals surface area contributed by atoms with Crippen molar-refractivity contribution in [3.63, 3.8) is 0 Å². The Hall–Kier alpha value is -1.88. The zero-order valence-electron chi connectivity index (χ0n) is 11.2. The van der Waals surface area contributed by atoms with Gasteiger partial charge in [0.05, 0.1) is 18.1 Å². The van der Waals surface area contributed by atoms with Crippen molar-refractivity contribution in [2.45, 2.75) is 38.5 Å². The molecule has 1 N–H and O–H groups in total. The Morgan fingerprint density at radius 3 is 2.80 bits per heavy atom. The van der Waals surface area contributed by atoms with Crippen LogP contribution in [0.3, 0.4) is 0 Å². The van der Waals surface area contributed by atoms with Gasteiger partial charge in [-0.15, -0.1) is 0 Å². The van der Waals surface area contributed by atoms with Crippen molar-refractivity contribution in [2.24, 2.45) is 0 Å². The molecule has 2 aliphatic rings. The molecule has 1 fully saturated rings. The second-order valence-corrected chi connectivity index (χ2v) is 5.38. The minimum atomic E-state index is -0.933. The van der Waals surface area contributed by atoms with Gasteiger partial charge in [0.1, 0.15) is 0 Å². The van der Waals surface area contributed by atoms with Gasteiger partial charge in [-0.25, -0.2) is 4.79 Å². The van der Waals surface area contributed by atoms with E-state index in [0.717, 1.165) is 30.6 Å². The molecule has 3 rings (SSSR count). The Kier molecular flexibility index (Phi) is 3.44. The molecular formula is C15H17NO4. The number of hydrogen-bond acceptors (Lipinski definition) is 3. The number of benzene rings is 1. The normalized spacial score (nSPS) is 21.0. The summed E-state index contributed by atoms with van der Waals surface area (Å²) in [6.45, 7) is 1.82. The molecule has 5 nitrogen and oxygen atoms in total.